The van der Waals surface area contributed by atoms with Crippen molar-refractivity contribution in [3.63, 3.8) is 0 Å². The van der Waals surface area contributed by atoms with Crippen LogP contribution in [0.3, 0.4) is 0 Å². The zero-order valence-corrected chi connectivity index (χ0v) is 21.5. The molecule has 0 saturated carbocycles. The molecular formula is C31H29N3O5. The van der Waals surface area contributed by atoms with Crippen LogP contribution in [0.2, 0.25) is 0 Å². The number of nitrogens with one attached hydrogen (secondary N) is 1. The first-order valence-electron chi connectivity index (χ1n) is 13.2. The summed E-state index contributed by atoms with van der Waals surface area (Å²) in [6.07, 6.45) is 3.94. The van der Waals surface area contributed by atoms with E-state index in [0.29, 0.717) is 51.1 Å². The number of hydrogen-bond donors (Lipinski definition) is 1. The lowest BCUT2D eigenvalue weighted by Gasteiger charge is -2.37. The predicted molar refractivity (Wildman–Crippen MR) is 144 cm³/mol. The van der Waals surface area contributed by atoms with Gasteiger partial charge in [-0.05, 0) is 77.9 Å². The Morgan fingerprint density at radius 3 is 2.64 bits per heavy atom. The number of carbonyl (C=O) groups excluding carboxylic acids is 2. The number of nitrogens with zero attached hydrogens (tertiary/aromatic N) is 2. The average molecular weight is 524 g/mol. The van der Waals surface area contributed by atoms with E-state index in [1.54, 1.807) is 6.07 Å². The Balaban J connectivity index is 1.37. The maximum atomic E-state index is 13.5. The zero-order chi connectivity index (χ0) is 26.6. The van der Waals surface area contributed by atoms with Crippen LogP contribution in [0.25, 0.3) is 0 Å². The number of benzene rings is 3. The van der Waals surface area contributed by atoms with E-state index in [4.69, 9.17) is 14.0 Å². The van der Waals surface area contributed by atoms with E-state index in [0.717, 1.165) is 33.8 Å². The monoisotopic (exact) mass is 523 g/mol. The van der Waals surface area contributed by atoms with E-state index < -0.39 is 0 Å². The molecule has 3 aromatic carbocycles. The van der Waals surface area contributed by atoms with Gasteiger partial charge in [0.15, 0.2) is 0 Å². The third kappa shape index (κ3) is 5.50. The molecule has 198 valence electrons. The first-order valence-corrected chi connectivity index (χ1v) is 13.2. The molecular weight excluding hydrogens is 494 g/mol. The molecule has 0 radical (unpaired) electrons. The van der Waals surface area contributed by atoms with Gasteiger partial charge in [0, 0.05) is 25.6 Å². The van der Waals surface area contributed by atoms with Gasteiger partial charge in [0.2, 0.25) is 11.7 Å². The number of fused-ring (bicyclic) bond motifs is 1. The minimum absolute atomic E-state index is 0.0216. The number of rotatable bonds is 1. The summed E-state index contributed by atoms with van der Waals surface area (Å²) >= 11 is 0. The van der Waals surface area contributed by atoms with Crippen LogP contribution in [-0.2, 0) is 17.6 Å². The lowest BCUT2D eigenvalue weighted by molar-refractivity contribution is -0.121. The zero-order valence-electron chi connectivity index (χ0n) is 21.5. The van der Waals surface area contributed by atoms with E-state index in [1.165, 1.54) is 6.20 Å². The Labute approximate surface area is 226 Å². The van der Waals surface area contributed by atoms with Gasteiger partial charge in [-0.25, -0.2) is 0 Å². The molecule has 4 aromatic rings. The van der Waals surface area contributed by atoms with Crippen LogP contribution in [0.15, 0.2) is 83.5 Å². The average Bonchev–Trinajstić information content (AvgIpc) is 3.51. The number of aryl methyl sites for hydroxylation is 1. The molecule has 0 aliphatic carbocycles. The number of aromatic nitrogens is 1. The van der Waals surface area contributed by atoms with E-state index in [2.05, 4.69) is 16.5 Å². The van der Waals surface area contributed by atoms with Crippen molar-refractivity contribution in [3.05, 3.63) is 107 Å². The van der Waals surface area contributed by atoms with Crippen molar-refractivity contribution in [2.45, 2.75) is 31.7 Å². The Morgan fingerprint density at radius 1 is 0.923 bits per heavy atom. The lowest BCUT2D eigenvalue weighted by Crippen LogP contribution is -2.40. The second-order valence-corrected chi connectivity index (χ2v) is 9.76. The lowest BCUT2D eigenvalue weighted by atomic mass is 9.87. The molecule has 0 spiro atoms. The molecule has 8 rings (SSSR count). The largest absolute Gasteiger partial charge is 0.494 e. The van der Waals surface area contributed by atoms with Gasteiger partial charge in [-0.15, -0.1) is 0 Å². The Hall–Kier alpha value is -4.59. The summed E-state index contributed by atoms with van der Waals surface area (Å²) in [5.41, 5.74) is 4.17. The van der Waals surface area contributed by atoms with E-state index >= 15 is 0 Å². The molecule has 8 heteroatoms. The minimum Gasteiger partial charge on any atom is -0.494 e. The van der Waals surface area contributed by atoms with Gasteiger partial charge in [0.1, 0.15) is 17.2 Å². The summed E-state index contributed by atoms with van der Waals surface area (Å²) in [7, 11) is 0. The van der Waals surface area contributed by atoms with Crippen LogP contribution in [0.5, 0.6) is 17.2 Å². The van der Waals surface area contributed by atoms with E-state index in [9.17, 15) is 9.59 Å². The first kappa shape index (κ1) is 24.7. The molecule has 1 aromatic heterocycles. The van der Waals surface area contributed by atoms with E-state index in [1.807, 2.05) is 65.6 Å². The van der Waals surface area contributed by atoms with Gasteiger partial charge in [0.25, 0.3) is 5.91 Å². The standard InChI is InChI=1S/C31H29N3O5/c35-29-12-7-21-5-8-24(9-6-21)38-26-10-11-27-22(19-26)14-17-34(31(36)28-13-16-33-39-28)30(27)23-3-1-4-25(20-23)37-18-2-15-32-29/h1,3-6,8-11,13,16,19-20,30H,2,7,12,14-15,17-18H2,(H,32,35). The molecule has 8 nitrogen and oxygen atoms in total. The molecule has 39 heavy (non-hydrogen) atoms. The van der Waals surface area contributed by atoms with Crippen molar-refractivity contribution in [3.8, 4) is 17.2 Å². The fourth-order valence-corrected chi connectivity index (χ4v) is 5.18. The highest BCUT2D eigenvalue weighted by Gasteiger charge is 2.34. The smallest absolute Gasteiger partial charge is 0.293 e. The second-order valence-electron chi connectivity index (χ2n) is 9.76. The van der Waals surface area contributed by atoms with Crippen molar-refractivity contribution in [2.75, 3.05) is 19.7 Å². The van der Waals surface area contributed by atoms with Crippen LogP contribution in [0.4, 0.5) is 0 Å². The molecule has 0 fully saturated rings. The maximum absolute atomic E-state index is 13.5. The first-order chi connectivity index (χ1) is 19.1. The molecule has 1 N–H and O–H groups in total. The quantitative estimate of drug-likeness (QED) is 0.374. The highest BCUT2D eigenvalue weighted by atomic mass is 16.5. The van der Waals surface area contributed by atoms with Crippen LogP contribution in [-0.4, -0.2) is 41.6 Å². The highest BCUT2D eigenvalue weighted by Crippen LogP contribution is 2.39. The number of hydrogen-bond acceptors (Lipinski definition) is 6. The van der Waals surface area contributed by atoms with Crippen LogP contribution in [0, 0.1) is 0 Å². The fraction of sp³-hybridized carbons (Fsp3) is 0.258. The minimum atomic E-state index is -0.336. The van der Waals surface area contributed by atoms with Crippen molar-refractivity contribution in [1.82, 2.24) is 15.4 Å². The predicted octanol–water partition coefficient (Wildman–Crippen LogP) is 5.09. The normalized spacial score (nSPS) is 17.5. The van der Waals surface area contributed by atoms with Gasteiger partial charge in [-0.2, -0.15) is 0 Å². The summed E-state index contributed by atoms with van der Waals surface area (Å²) < 4.78 is 17.4. The second kappa shape index (κ2) is 11.0. The Morgan fingerprint density at radius 2 is 1.79 bits per heavy atom. The number of carbonyl (C=O) groups is 2. The molecule has 0 saturated heterocycles. The van der Waals surface area contributed by atoms with Gasteiger partial charge in [-0.1, -0.05) is 35.5 Å². The third-order valence-electron chi connectivity index (χ3n) is 7.14. The summed E-state index contributed by atoms with van der Waals surface area (Å²) in [5, 5.41) is 6.70. The highest BCUT2D eigenvalue weighted by molar-refractivity contribution is 5.92. The molecule has 4 aliphatic heterocycles. The van der Waals surface area contributed by atoms with Gasteiger partial charge < -0.3 is 24.2 Å². The Kier molecular flexibility index (Phi) is 6.99. The van der Waals surface area contributed by atoms with E-state index in [-0.39, 0.29) is 23.6 Å². The molecule has 1 atom stereocenters. The molecule has 1 unspecified atom stereocenters. The topological polar surface area (TPSA) is 93.9 Å². The summed E-state index contributed by atoms with van der Waals surface area (Å²) in [4.78, 5) is 27.6. The fourth-order valence-electron chi connectivity index (χ4n) is 5.18. The molecule has 8 bridgehead atoms. The third-order valence-corrected chi connectivity index (χ3v) is 7.14. The van der Waals surface area contributed by atoms with Gasteiger partial charge in [-0.3, -0.25) is 9.59 Å². The van der Waals surface area contributed by atoms with Gasteiger partial charge in [0.05, 0.1) is 18.8 Å². The molecule has 4 aliphatic rings. The van der Waals surface area contributed by atoms with Crippen LogP contribution in [0.1, 0.15) is 51.7 Å². The maximum Gasteiger partial charge on any atom is 0.293 e. The van der Waals surface area contributed by atoms with Gasteiger partial charge >= 0.3 is 0 Å². The van der Waals surface area contributed by atoms with Crippen molar-refractivity contribution in [1.29, 1.82) is 0 Å². The van der Waals surface area contributed by atoms with Crippen molar-refractivity contribution >= 4 is 11.8 Å². The van der Waals surface area contributed by atoms with Crippen molar-refractivity contribution < 1.29 is 23.6 Å². The number of amides is 2. The van der Waals surface area contributed by atoms with Crippen molar-refractivity contribution in [2.24, 2.45) is 0 Å². The Bertz CT molecular complexity index is 1470. The van der Waals surface area contributed by atoms with Crippen LogP contribution < -0.4 is 14.8 Å². The number of ether oxygens (including phenoxy) is 2. The molecule has 2 amide bonds. The van der Waals surface area contributed by atoms with Crippen LogP contribution >= 0.6 is 0 Å². The summed E-state index contributed by atoms with van der Waals surface area (Å²) in [5.74, 6) is 2.19. The SMILES string of the molecule is O=C1CCc2ccc(cc2)Oc2ccc3c(c2)CCN(C(=O)c2ccno2)C3c2cccc(c2)OCCCN1. The summed E-state index contributed by atoms with van der Waals surface area (Å²) in [6, 6.07) is 23.0. The summed E-state index contributed by atoms with van der Waals surface area (Å²) in [6.45, 7) is 1.52. The molecule has 5 heterocycles.